The van der Waals surface area contributed by atoms with Gasteiger partial charge >= 0.3 is 0 Å². The molecule has 4 rings (SSSR count). The zero-order valence-electron chi connectivity index (χ0n) is 12.2. The number of nitrogens with one attached hydrogen (secondary N) is 1. The number of benzene rings is 1. The van der Waals surface area contributed by atoms with Crippen LogP contribution in [0.4, 0.5) is 0 Å². The van der Waals surface area contributed by atoms with Crippen LogP contribution in [0.5, 0.6) is 0 Å². The van der Waals surface area contributed by atoms with E-state index in [0.29, 0.717) is 6.04 Å². The minimum atomic E-state index is 0.451. The van der Waals surface area contributed by atoms with Gasteiger partial charge in [0.25, 0.3) is 0 Å². The summed E-state index contributed by atoms with van der Waals surface area (Å²) in [6, 6.07) is 10.4. The third-order valence-corrected chi connectivity index (χ3v) is 4.53. The first-order chi connectivity index (χ1) is 10.8. The molecule has 5 heteroatoms. The van der Waals surface area contributed by atoms with E-state index in [-0.39, 0.29) is 0 Å². The van der Waals surface area contributed by atoms with Gasteiger partial charge in [-0.2, -0.15) is 5.10 Å². The molecular weight excluding hydrogens is 296 g/mol. The van der Waals surface area contributed by atoms with Gasteiger partial charge in [-0.3, -0.25) is 9.67 Å². The number of fused-ring (bicyclic) bond motifs is 1. The highest BCUT2D eigenvalue weighted by Crippen LogP contribution is 2.31. The van der Waals surface area contributed by atoms with Gasteiger partial charge in [-0.1, -0.05) is 23.7 Å². The molecule has 1 saturated heterocycles. The maximum Gasteiger partial charge on any atom is 0.102 e. The summed E-state index contributed by atoms with van der Waals surface area (Å²) in [5, 5.41) is 10.2. The van der Waals surface area contributed by atoms with Crippen LogP contribution in [-0.2, 0) is 0 Å². The Hall–Kier alpha value is -1.91. The average molecular weight is 313 g/mol. The van der Waals surface area contributed by atoms with E-state index in [1.807, 2.05) is 36.7 Å². The maximum atomic E-state index is 6.00. The van der Waals surface area contributed by atoms with Crippen LogP contribution in [0, 0.1) is 0 Å². The van der Waals surface area contributed by atoms with Crippen LogP contribution in [0.2, 0.25) is 5.02 Å². The second kappa shape index (κ2) is 5.71. The van der Waals surface area contributed by atoms with Crippen LogP contribution in [0.3, 0.4) is 0 Å². The van der Waals surface area contributed by atoms with E-state index < -0.39 is 0 Å². The summed E-state index contributed by atoms with van der Waals surface area (Å²) in [5.41, 5.74) is 3.22. The van der Waals surface area contributed by atoms with E-state index in [9.17, 15) is 0 Å². The summed E-state index contributed by atoms with van der Waals surface area (Å²) in [6.07, 6.45) is 5.97. The molecule has 22 heavy (non-hydrogen) atoms. The van der Waals surface area contributed by atoms with Crippen LogP contribution in [0.1, 0.15) is 18.9 Å². The van der Waals surface area contributed by atoms with Crippen molar-refractivity contribution in [3.8, 4) is 11.3 Å². The van der Waals surface area contributed by atoms with Crippen LogP contribution in [0.15, 0.2) is 42.7 Å². The second-order valence-electron chi connectivity index (χ2n) is 5.67. The molecule has 0 unspecified atom stereocenters. The fourth-order valence-corrected chi connectivity index (χ4v) is 3.26. The Morgan fingerprint density at radius 1 is 1.09 bits per heavy atom. The molecule has 4 nitrogen and oxygen atoms in total. The van der Waals surface area contributed by atoms with Gasteiger partial charge in [0.1, 0.15) is 5.69 Å². The summed E-state index contributed by atoms with van der Waals surface area (Å²) in [6.45, 7) is 2.10. The van der Waals surface area contributed by atoms with Gasteiger partial charge in [0.2, 0.25) is 0 Å². The van der Waals surface area contributed by atoms with Gasteiger partial charge in [-0.15, -0.1) is 0 Å². The summed E-state index contributed by atoms with van der Waals surface area (Å²) >= 11 is 6.00. The highest BCUT2D eigenvalue weighted by molar-refractivity contribution is 6.30. The van der Waals surface area contributed by atoms with Crippen molar-refractivity contribution in [3.05, 3.63) is 47.7 Å². The van der Waals surface area contributed by atoms with E-state index >= 15 is 0 Å². The van der Waals surface area contributed by atoms with E-state index in [2.05, 4.69) is 21.0 Å². The fourth-order valence-electron chi connectivity index (χ4n) is 3.14. The molecular formula is C17H17ClN4. The molecule has 0 bridgehead atoms. The number of pyridine rings is 1. The number of piperidine rings is 1. The number of aromatic nitrogens is 3. The molecule has 0 aliphatic carbocycles. The van der Waals surface area contributed by atoms with Crippen molar-refractivity contribution >= 4 is 22.5 Å². The van der Waals surface area contributed by atoms with Gasteiger partial charge in [0.05, 0.1) is 11.6 Å². The Labute approximate surface area is 134 Å². The predicted molar refractivity (Wildman–Crippen MR) is 89.1 cm³/mol. The van der Waals surface area contributed by atoms with Crippen molar-refractivity contribution in [2.45, 2.75) is 18.9 Å². The van der Waals surface area contributed by atoms with Crippen molar-refractivity contribution in [2.75, 3.05) is 13.1 Å². The number of hydrogen-bond donors (Lipinski definition) is 1. The third-order valence-electron chi connectivity index (χ3n) is 4.28. The number of nitrogens with zero attached hydrogens (tertiary/aromatic N) is 3. The summed E-state index contributed by atoms with van der Waals surface area (Å²) in [5.74, 6) is 0. The lowest BCUT2D eigenvalue weighted by Crippen LogP contribution is -2.29. The molecule has 0 saturated carbocycles. The van der Waals surface area contributed by atoms with Crippen molar-refractivity contribution < 1.29 is 0 Å². The van der Waals surface area contributed by atoms with Gasteiger partial charge in [0, 0.05) is 28.4 Å². The van der Waals surface area contributed by atoms with E-state index in [1.165, 1.54) is 0 Å². The number of halogens is 1. The minimum absolute atomic E-state index is 0.451. The Balaban J connectivity index is 1.86. The highest BCUT2D eigenvalue weighted by atomic mass is 35.5. The van der Waals surface area contributed by atoms with E-state index in [1.54, 1.807) is 0 Å². The Bertz CT molecular complexity index is 788. The molecule has 0 amide bonds. The normalized spacial score (nSPS) is 16.2. The molecule has 1 fully saturated rings. The fraction of sp³-hybridized carbons (Fsp3) is 0.294. The highest BCUT2D eigenvalue weighted by Gasteiger charge is 2.20. The van der Waals surface area contributed by atoms with E-state index in [4.69, 9.17) is 16.7 Å². The van der Waals surface area contributed by atoms with Gasteiger partial charge < -0.3 is 5.32 Å². The topological polar surface area (TPSA) is 42.7 Å². The summed E-state index contributed by atoms with van der Waals surface area (Å²) in [4.78, 5) is 4.28. The first kappa shape index (κ1) is 13.7. The Morgan fingerprint density at radius 3 is 2.64 bits per heavy atom. The summed E-state index contributed by atoms with van der Waals surface area (Å²) < 4.78 is 2.18. The molecule has 3 aromatic rings. The molecule has 0 atom stereocenters. The first-order valence-electron chi connectivity index (χ1n) is 7.62. The van der Waals surface area contributed by atoms with Gasteiger partial charge in [0.15, 0.2) is 0 Å². The quantitative estimate of drug-likeness (QED) is 0.785. The molecule has 3 heterocycles. The lowest BCUT2D eigenvalue weighted by Gasteiger charge is -2.23. The molecule has 0 spiro atoms. The van der Waals surface area contributed by atoms with Gasteiger partial charge in [-0.05, 0) is 44.1 Å². The second-order valence-corrected chi connectivity index (χ2v) is 6.11. The van der Waals surface area contributed by atoms with Gasteiger partial charge in [-0.25, -0.2) is 0 Å². The van der Waals surface area contributed by atoms with Crippen molar-refractivity contribution in [3.63, 3.8) is 0 Å². The largest absolute Gasteiger partial charge is 0.317 e. The lowest BCUT2D eigenvalue weighted by atomic mass is 10.1. The Kier molecular flexibility index (Phi) is 3.56. The molecule has 2 aromatic heterocycles. The van der Waals surface area contributed by atoms with Crippen molar-refractivity contribution in [2.24, 2.45) is 0 Å². The zero-order valence-corrected chi connectivity index (χ0v) is 12.9. The molecule has 1 aliphatic rings. The van der Waals surface area contributed by atoms with Crippen LogP contribution >= 0.6 is 11.6 Å². The number of hydrogen-bond acceptors (Lipinski definition) is 3. The number of rotatable bonds is 2. The lowest BCUT2D eigenvalue weighted by molar-refractivity contribution is 0.352. The van der Waals surface area contributed by atoms with Crippen LogP contribution in [-0.4, -0.2) is 27.9 Å². The molecule has 0 radical (unpaired) electrons. The zero-order chi connectivity index (χ0) is 14.9. The Morgan fingerprint density at radius 2 is 1.86 bits per heavy atom. The first-order valence-corrected chi connectivity index (χ1v) is 7.99. The molecule has 1 N–H and O–H groups in total. The van der Waals surface area contributed by atoms with Crippen molar-refractivity contribution in [1.82, 2.24) is 20.1 Å². The SMILES string of the molecule is Clc1ccc(-c2nn(C3CCNCC3)c3ccncc23)cc1. The maximum absolute atomic E-state index is 6.00. The van der Waals surface area contributed by atoms with Crippen LogP contribution in [0.25, 0.3) is 22.2 Å². The monoisotopic (exact) mass is 312 g/mol. The van der Waals surface area contributed by atoms with Crippen LogP contribution < -0.4 is 5.32 Å². The standard InChI is InChI=1S/C17H17ClN4/c18-13-3-1-12(2-4-13)17-15-11-20-10-7-16(15)22(21-17)14-5-8-19-9-6-14/h1-4,7,10-11,14,19H,5-6,8-9H2. The van der Waals surface area contributed by atoms with E-state index in [0.717, 1.165) is 53.1 Å². The molecule has 112 valence electrons. The molecule has 1 aromatic carbocycles. The van der Waals surface area contributed by atoms with Crippen molar-refractivity contribution in [1.29, 1.82) is 0 Å². The smallest absolute Gasteiger partial charge is 0.102 e. The molecule has 1 aliphatic heterocycles. The minimum Gasteiger partial charge on any atom is -0.317 e. The predicted octanol–water partition coefficient (Wildman–Crippen LogP) is 3.68. The average Bonchev–Trinajstić information content (AvgIpc) is 2.96. The summed E-state index contributed by atoms with van der Waals surface area (Å²) in [7, 11) is 0. The third kappa shape index (κ3) is 2.38.